The Balaban J connectivity index is 1.76. The molecule has 1 saturated heterocycles. The van der Waals surface area contributed by atoms with Crippen molar-refractivity contribution in [1.29, 1.82) is 0 Å². The van der Waals surface area contributed by atoms with Crippen LogP contribution in [0.25, 0.3) is 0 Å². The van der Waals surface area contributed by atoms with E-state index in [0.717, 1.165) is 6.42 Å². The Bertz CT molecular complexity index is 720. The summed E-state index contributed by atoms with van der Waals surface area (Å²) in [5, 5.41) is 5.69. The van der Waals surface area contributed by atoms with Gasteiger partial charge in [0.2, 0.25) is 11.8 Å². The lowest BCUT2D eigenvalue weighted by atomic mass is 10.0. The molecule has 178 valence electrons. The molecule has 0 bridgehead atoms. The maximum atomic E-state index is 13.0. The molecule has 0 saturated carbocycles. The first-order valence-electron chi connectivity index (χ1n) is 11.1. The van der Waals surface area contributed by atoms with E-state index in [1.54, 1.807) is 24.1 Å². The maximum absolute atomic E-state index is 13.0. The van der Waals surface area contributed by atoms with Crippen molar-refractivity contribution in [2.75, 3.05) is 59.6 Å². The molecule has 2 rings (SSSR count). The van der Waals surface area contributed by atoms with Crippen LogP contribution in [0.4, 0.5) is 0 Å². The fourth-order valence-electron chi connectivity index (χ4n) is 3.42. The molecular weight excluding hydrogens is 412 g/mol. The zero-order valence-electron chi connectivity index (χ0n) is 19.3. The smallest absolute Gasteiger partial charge is 0.258 e. The fraction of sp³-hybridized carbons (Fsp3) is 0.609. The number of hydrogen-bond acceptors (Lipinski definition) is 6. The van der Waals surface area contributed by atoms with E-state index in [1.165, 1.54) is 0 Å². The van der Waals surface area contributed by atoms with Crippen molar-refractivity contribution < 1.29 is 23.9 Å². The third-order valence-electron chi connectivity index (χ3n) is 5.26. The predicted octanol–water partition coefficient (Wildman–Crippen LogP) is 0.503. The number of benzene rings is 1. The summed E-state index contributed by atoms with van der Waals surface area (Å²) in [5.74, 6) is 0.0982. The number of ether oxygens (including phenoxy) is 2. The van der Waals surface area contributed by atoms with Crippen LogP contribution in [0.15, 0.2) is 30.3 Å². The molecule has 1 fully saturated rings. The highest BCUT2D eigenvalue weighted by Gasteiger charge is 2.31. The zero-order chi connectivity index (χ0) is 23.3. The Hall–Kier alpha value is -2.65. The molecular formula is C23H36N4O5. The van der Waals surface area contributed by atoms with Gasteiger partial charge in [-0.25, -0.2) is 0 Å². The Labute approximate surface area is 190 Å². The predicted molar refractivity (Wildman–Crippen MR) is 121 cm³/mol. The molecule has 0 aliphatic carbocycles. The number of nitrogens with zero attached hydrogens (tertiary/aromatic N) is 2. The van der Waals surface area contributed by atoms with Gasteiger partial charge < -0.3 is 25.0 Å². The van der Waals surface area contributed by atoms with Crippen LogP contribution in [0.2, 0.25) is 0 Å². The monoisotopic (exact) mass is 448 g/mol. The molecule has 0 radical (unpaired) electrons. The molecule has 1 aliphatic rings. The second kappa shape index (κ2) is 13.7. The summed E-state index contributed by atoms with van der Waals surface area (Å²) in [6.07, 6.45) is 0.781. The minimum atomic E-state index is -0.613. The largest absolute Gasteiger partial charge is 0.484 e. The van der Waals surface area contributed by atoms with E-state index in [9.17, 15) is 14.4 Å². The quantitative estimate of drug-likeness (QED) is 0.452. The lowest BCUT2D eigenvalue weighted by Crippen LogP contribution is -2.57. The van der Waals surface area contributed by atoms with Gasteiger partial charge in [-0.1, -0.05) is 32.0 Å². The van der Waals surface area contributed by atoms with E-state index in [0.29, 0.717) is 51.6 Å². The lowest BCUT2D eigenvalue weighted by molar-refractivity contribution is -0.139. The van der Waals surface area contributed by atoms with Crippen LogP contribution in [0.1, 0.15) is 20.3 Å². The number of hydrogen-bond donors (Lipinski definition) is 2. The number of para-hydroxylation sites is 1. The summed E-state index contributed by atoms with van der Waals surface area (Å²) >= 11 is 0. The first kappa shape index (κ1) is 25.6. The van der Waals surface area contributed by atoms with Gasteiger partial charge in [-0.3, -0.25) is 19.3 Å². The van der Waals surface area contributed by atoms with E-state index >= 15 is 0 Å². The third kappa shape index (κ3) is 8.84. The van der Waals surface area contributed by atoms with E-state index in [-0.39, 0.29) is 30.2 Å². The molecule has 0 aromatic heterocycles. The van der Waals surface area contributed by atoms with Gasteiger partial charge in [0.25, 0.3) is 5.91 Å². The summed E-state index contributed by atoms with van der Waals surface area (Å²) in [7, 11) is 1.64. The topological polar surface area (TPSA) is 100 Å². The SMILES string of the molecule is COCCCNC(=O)CN1CCN(C(=O)C(NC(=O)COc2ccccc2)C(C)C)CC1. The molecule has 0 spiro atoms. The Morgan fingerprint density at radius 1 is 1.03 bits per heavy atom. The minimum absolute atomic E-state index is 0.0217. The Morgan fingerprint density at radius 2 is 1.72 bits per heavy atom. The van der Waals surface area contributed by atoms with Crippen LogP contribution < -0.4 is 15.4 Å². The van der Waals surface area contributed by atoms with Crippen LogP contribution >= 0.6 is 0 Å². The molecule has 2 N–H and O–H groups in total. The van der Waals surface area contributed by atoms with Crippen molar-refractivity contribution in [1.82, 2.24) is 20.4 Å². The molecule has 1 aliphatic heterocycles. The first-order valence-corrected chi connectivity index (χ1v) is 11.1. The van der Waals surface area contributed by atoms with Crippen LogP contribution in [-0.2, 0) is 19.1 Å². The van der Waals surface area contributed by atoms with Crippen molar-refractivity contribution >= 4 is 17.7 Å². The number of amides is 3. The molecule has 9 heteroatoms. The van der Waals surface area contributed by atoms with Crippen molar-refractivity contribution in [2.24, 2.45) is 5.92 Å². The van der Waals surface area contributed by atoms with Crippen molar-refractivity contribution in [3.8, 4) is 5.75 Å². The van der Waals surface area contributed by atoms with Crippen molar-refractivity contribution in [3.05, 3.63) is 30.3 Å². The second-order valence-electron chi connectivity index (χ2n) is 8.19. The average Bonchev–Trinajstić information content (AvgIpc) is 2.79. The van der Waals surface area contributed by atoms with Crippen molar-refractivity contribution in [2.45, 2.75) is 26.3 Å². The molecule has 9 nitrogen and oxygen atoms in total. The van der Waals surface area contributed by atoms with E-state index in [4.69, 9.17) is 9.47 Å². The molecule has 1 heterocycles. The molecule has 1 aromatic carbocycles. The van der Waals surface area contributed by atoms with Gasteiger partial charge in [0.05, 0.1) is 6.54 Å². The fourth-order valence-corrected chi connectivity index (χ4v) is 3.42. The van der Waals surface area contributed by atoms with Crippen LogP contribution in [-0.4, -0.2) is 93.2 Å². The highest BCUT2D eigenvalue weighted by atomic mass is 16.5. The van der Waals surface area contributed by atoms with Gasteiger partial charge in [-0.05, 0) is 24.5 Å². The highest BCUT2D eigenvalue weighted by Crippen LogP contribution is 2.11. The van der Waals surface area contributed by atoms with Gasteiger partial charge in [0.15, 0.2) is 6.61 Å². The van der Waals surface area contributed by atoms with Crippen LogP contribution in [0, 0.1) is 5.92 Å². The first-order chi connectivity index (χ1) is 15.4. The second-order valence-corrected chi connectivity index (χ2v) is 8.19. The molecule has 1 unspecified atom stereocenters. The third-order valence-corrected chi connectivity index (χ3v) is 5.26. The van der Waals surface area contributed by atoms with Gasteiger partial charge in [-0.15, -0.1) is 0 Å². The normalized spacial score (nSPS) is 15.3. The number of piperazine rings is 1. The summed E-state index contributed by atoms with van der Waals surface area (Å²) in [6.45, 7) is 7.48. The summed E-state index contributed by atoms with van der Waals surface area (Å²) in [6, 6.07) is 8.47. The number of rotatable bonds is 12. The van der Waals surface area contributed by atoms with Gasteiger partial charge in [0, 0.05) is 46.4 Å². The Kier molecular flexibility index (Phi) is 11.0. The summed E-state index contributed by atoms with van der Waals surface area (Å²) in [5.41, 5.74) is 0. The van der Waals surface area contributed by atoms with Gasteiger partial charge in [0.1, 0.15) is 11.8 Å². The Morgan fingerprint density at radius 3 is 2.34 bits per heavy atom. The average molecular weight is 449 g/mol. The zero-order valence-corrected chi connectivity index (χ0v) is 19.3. The number of carbonyl (C=O) groups excluding carboxylic acids is 3. The van der Waals surface area contributed by atoms with Crippen LogP contribution in [0.3, 0.4) is 0 Å². The number of carbonyl (C=O) groups is 3. The van der Waals surface area contributed by atoms with E-state index in [2.05, 4.69) is 10.6 Å². The summed E-state index contributed by atoms with van der Waals surface area (Å²) in [4.78, 5) is 41.2. The standard InChI is InChI=1S/C23H36N4O5/c1-18(2)22(25-21(29)17-32-19-8-5-4-6-9-19)23(30)27-13-11-26(12-14-27)16-20(28)24-10-7-15-31-3/h4-6,8-9,18,22H,7,10-17H2,1-3H3,(H,24,28)(H,25,29). The number of nitrogens with one attached hydrogen (secondary N) is 2. The molecule has 32 heavy (non-hydrogen) atoms. The van der Waals surface area contributed by atoms with E-state index in [1.807, 2.05) is 36.9 Å². The van der Waals surface area contributed by atoms with Crippen LogP contribution in [0.5, 0.6) is 5.75 Å². The summed E-state index contributed by atoms with van der Waals surface area (Å²) < 4.78 is 10.4. The van der Waals surface area contributed by atoms with E-state index < -0.39 is 6.04 Å². The van der Waals surface area contributed by atoms with Gasteiger partial charge in [-0.2, -0.15) is 0 Å². The maximum Gasteiger partial charge on any atom is 0.258 e. The number of methoxy groups -OCH3 is 1. The minimum Gasteiger partial charge on any atom is -0.484 e. The van der Waals surface area contributed by atoms with Crippen molar-refractivity contribution in [3.63, 3.8) is 0 Å². The van der Waals surface area contributed by atoms with Gasteiger partial charge >= 0.3 is 0 Å². The molecule has 1 atom stereocenters. The highest BCUT2D eigenvalue weighted by molar-refractivity contribution is 5.88. The lowest BCUT2D eigenvalue weighted by Gasteiger charge is -2.37. The molecule has 3 amide bonds. The molecule has 1 aromatic rings.